The van der Waals surface area contributed by atoms with Gasteiger partial charge in [0.15, 0.2) is 0 Å². The van der Waals surface area contributed by atoms with Crippen molar-refractivity contribution in [2.75, 3.05) is 0 Å². The summed E-state index contributed by atoms with van der Waals surface area (Å²) < 4.78 is 5.82. The van der Waals surface area contributed by atoms with Crippen LogP contribution in [0.3, 0.4) is 0 Å². The molecule has 2 heterocycles. The molecule has 3 heteroatoms. The summed E-state index contributed by atoms with van der Waals surface area (Å²) in [7, 11) is 0. The fraction of sp³-hybridized carbons (Fsp3) is 0. The molecular formula is C15H8ClNO. The third-order valence-electron chi connectivity index (χ3n) is 3.17. The van der Waals surface area contributed by atoms with Crippen LogP contribution in [-0.4, -0.2) is 4.98 Å². The van der Waals surface area contributed by atoms with E-state index in [1.165, 1.54) is 0 Å². The molecule has 0 aliphatic heterocycles. The number of nitrogens with zero attached hydrogens (tertiary/aromatic N) is 1. The second-order valence-corrected chi connectivity index (χ2v) is 4.69. The highest BCUT2D eigenvalue weighted by Crippen LogP contribution is 2.34. The zero-order valence-corrected chi connectivity index (χ0v) is 10.1. The highest BCUT2D eigenvalue weighted by molar-refractivity contribution is 6.31. The maximum atomic E-state index is 5.99. The Hall–Kier alpha value is -2.06. The van der Waals surface area contributed by atoms with Crippen molar-refractivity contribution in [3.63, 3.8) is 0 Å². The van der Waals surface area contributed by atoms with Crippen LogP contribution >= 0.6 is 11.6 Å². The Morgan fingerprint density at radius 3 is 2.89 bits per heavy atom. The summed E-state index contributed by atoms with van der Waals surface area (Å²) in [5.41, 5.74) is 2.62. The number of furan rings is 1. The van der Waals surface area contributed by atoms with E-state index in [4.69, 9.17) is 16.0 Å². The molecule has 0 radical (unpaired) electrons. The zero-order chi connectivity index (χ0) is 12.1. The SMILES string of the molecule is Clc1ccc2c(c1)oc1ccc3cccnc3c12. The maximum Gasteiger partial charge on any atom is 0.137 e. The molecule has 0 spiro atoms. The lowest BCUT2D eigenvalue weighted by Gasteiger charge is -1.97. The van der Waals surface area contributed by atoms with Gasteiger partial charge in [0.2, 0.25) is 0 Å². The van der Waals surface area contributed by atoms with Gasteiger partial charge in [-0.25, -0.2) is 0 Å². The first-order valence-corrected chi connectivity index (χ1v) is 6.06. The van der Waals surface area contributed by atoms with Crippen molar-refractivity contribution in [2.24, 2.45) is 0 Å². The second kappa shape index (κ2) is 3.47. The molecule has 0 aliphatic rings. The minimum Gasteiger partial charge on any atom is -0.456 e. The van der Waals surface area contributed by atoms with Gasteiger partial charge in [0.25, 0.3) is 0 Å². The average molecular weight is 254 g/mol. The summed E-state index contributed by atoms with van der Waals surface area (Å²) >= 11 is 5.99. The molecule has 0 saturated carbocycles. The van der Waals surface area contributed by atoms with Gasteiger partial charge in [-0.05, 0) is 30.3 Å². The zero-order valence-electron chi connectivity index (χ0n) is 9.35. The molecular weight excluding hydrogens is 246 g/mol. The first kappa shape index (κ1) is 9.92. The standard InChI is InChI=1S/C15H8ClNO/c16-10-4-5-11-13(8-10)18-12-6-3-9-2-1-7-17-15(9)14(11)12/h1-8H. The van der Waals surface area contributed by atoms with Gasteiger partial charge in [-0.1, -0.05) is 17.7 Å². The Bertz CT molecular complexity index is 895. The van der Waals surface area contributed by atoms with Gasteiger partial charge >= 0.3 is 0 Å². The number of pyridine rings is 1. The Balaban J connectivity index is 2.33. The topological polar surface area (TPSA) is 26.0 Å². The number of fused-ring (bicyclic) bond motifs is 5. The number of benzene rings is 2. The van der Waals surface area contributed by atoms with E-state index in [9.17, 15) is 0 Å². The monoisotopic (exact) mass is 253 g/mol. The molecule has 0 aliphatic carbocycles. The molecule has 4 aromatic rings. The van der Waals surface area contributed by atoms with Crippen LogP contribution in [0.15, 0.2) is 53.1 Å². The van der Waals surface area contributed by atoms with Gasteiger partial charge in [-0.2, -0.15) is 0 Å². The second-order valence-electron chi connectivity index (χ2n) is 4.26. The van der Waals surface area contributed by atoms with Crippen LogP contribution in [0.1, 0.15) is 0 Å². The quantitative estimate of drug-likeness (QED) is 0.450. The molecule has 2 aromatic carbocycles. The predicted octanol–water partition coefficient (Wildman–Crippen LogP) is 4.79. The lowest BCUT2D eigenvalue weighted by Crippen LogP contribution is -1.78. The fourth-order valence-corrected chi connectivity index (χ4v) is 2.54. The van der Waals surface area contributed by atoms with E-state index in [-0.39, 0.29) is 0 Å². The van der Waals surface area contributed by atoms with Crippen LogP contribution in [0.25, 0.3) is 32.8 Å². The van der Waals surface area contributed by atoms with Crippen LogP contribution in [0.4, 0.5) is 0 Å². The van der Waals surface area contributed by atoms with E-state index in [2.05, 4.69) is 11.1 Å². The Morgan fingerprint density at radius 2 is 1.94 bits per heavy atom. The van der Waals surface area contributed by atoms with Crippen LogP contribution in [0.5, 0.6) is 0 Å². The molecule has 0 atom stereocenters. The first-order valence-electron chi connectivity index (χ1n) is 5.68. The summed E-state index contributed by atoms with van der Waals surface area (Å²) in [6.07, 6.45) is 1.80. The van der Waals surface area contributed by atoms with Gasteiger partial charge < -0.3 is 4.42 Å². The molecule has 86 valence electrons. The molecule has 0 saturated heterocycles. The molecule has 0 fully saturated rings. The lowest BCUT2D eigenvalue weighted by molar-refractivity contribution is 0.669. The van der Waals surface area contributed by atoms with Crippen molar-refractivity contribution in [1.82, 2.24) is 4.98 Å². The van der Waals surface area contributed by atoms with Crippen molar-refractivity contribution < 1.29 is 4.42 Å². The Kier molecular flexibility index (Phi) is 1.91. The van der Waals surface area contributed by atoms with Gasteiger partial charge in [-0.3, -0.25) is 4.98 Å². The normalized spacial score (nSPS) is 11.6. The highest BCUT2D eigenvalue weighted by atomic mass is 35.5. The summed E-state index contributed by atoms with van der Waals surface area (Å²) in [5.74, 6) is 0. The Labute approximate surface area is 108 Å². The van der Waals surface area contributed by atoms with Crippen LogP contribution < -0.4 is 0 Å². The van der Waals surface area contributed by atoms with Crippen molar-refractivity contribution in [3.05, 3.63) is 53.7 Å². The number of aromatic nitrogens is 1. The summed E-state index contributed by atoms with van der Waals surface area (Å²) in [4.78, 5) is 4.46. The summed E-state index contributed by atoms with van der Waals surface area (Å²) in [6, 6.07) is 13.7. The van der Waals surface area contributed by atoms with E-state index in [0.29, 0.717) is 5.02 Å². The molecule has 0 bridgehead atoms. The molecule has 2 aromatic heterocycles. The van der Waals surface area contributed by atoms with Crippen LogP contribution in [0, 0.1) is 0 Å². The van der Waals surface area contributed by atoms with Gasteiger partial charge in [0.1, 0.15) is 11.2 Å². The smallest absolute Gasteiger partial charge is 0.137 e. The summed E-state index contributed by atoms with van der Waals surface area (Å²) in [6.45, 7) is 0. The third kappa shape index (κ3) is 1.27. The van der Waals surface area contributed by atoms with E-state index >= 15 is 0 Å². The minimum absolute atomic E-state index is 0.679. The minimum atomic E-state index is 0.679. The average Bonchev–Trinajstić information content (AvgIpc) is 2.76. The summed E-state index contributed by atoms with van der Waals surface area (Å²) in [5, 5.41) is 3.90. The van der Waals surface area contributed by atoms with Crippen molar-refractivity contribution in [3.8, 4) is 0 Å². The van der Waals surface area contributed by atoms with Gasteiger partial charge in [0.05, 0.1) is 10.9 Å². The number of rotatable bonds is 0. The van der Waals surface area contributed by atoms with Gasteiger partial charge in [-0.15, -0.1) is 0 Å². The first-order chi connectivity index (χ1) is 8.83. The van der Waals surface area contributed by atoms with Crippen molar-refractivity contribution >= 4 is 44.4 Å². The third-order valence-corrected chi connectivity index (χ3v) is 3.40. The molecule has 18 heavy (non-hydrogen) atoms. The number of hydrogen-bond acceptors (Lipinski definition) is 2. The van der Waals surface area contributed by atoms with Gasteiger partial charge in [0, 0.05) is 28.1 Å². The molecule has 2 nitrogen and oxygen atoms in total. The number of hydrogen-bond donors (Lipinski definition) is 0. The molecule has 0 N–H and O–H groups in total. The Morgan fingerprint density at radius 1 is 1.00 bits per heavy atom. The molecule has 0 amide bonds. The lowest BCUT2D eigenvalue weighted by atomic mass is 10.1. The van der Waals surface area contributed by atoms with Crippen molar-refractivity contribution in [1.29, 1.82) is 0 Å². The van der Waals surface area contributed by atoms with Crippen LogP contribution in [0.2, 0.25) is 5.02 Å². The highest BCUT2D eigenvalue weighted by Gasteiger charge is 2.10. The van der Waals surface area contributed by atoms with E-state index < -0.39 is 0 Å². The van der Waals surface area contributed by atoms with E-state index in [1.54, 1.807) is 6.20 Å². The number of halogens is 1. The van der Waals surface area contributed by atoms with Crippen LogP contribution in [-0.2, 0) is 0 Å². The molecule has 4 rings (SSSR count). The van der Waals surface area contributed by atoms with E-state index in [1.807, 2.05) is 36.4 Å². The van der Waals surface area contributed by atoms with Crippen molar-refractivity contribution in [2.45, 2.75) is 0 Å². The molecule has 0 unspecified atom stereocenters. The largest absolute Gasteiger partial charge is 0.456 e. The fourth-order valence-electron chi connectivity index (χ4n) is 2.38. The maximum absolute atomic E-state index is 5.99. The predicted molar refractivity (Wildman–Crippen MR) is 74.0 cm³/mol. The van der Waals surface area contributed by atoms with E-state index in [0.717, 1.165) is 32.8 Å².